The predicted molar refractivity (Wildman–Crippen MR) is 103 cm³/mol. The molecule has 0 aliphatic heterocycles. The second-order valence-electron chi connectivity index (χ2n) is 6.33. The number of benzene rings is 2. The molecule has 0 N–H and O–H groups in total. The van der Waals surface area contributed by atoms with Crippen molar-refractivity contribution in [2.24, 2.45) is 0 Å². The number of hydrogen-bond donors (Lipinski definition) is 0. The van der Waals surface area contributed by atoms with Gasteiger partial charge in [0.1, 0.15) is 0 Å². The van der Waals surface area contributed by atoms with Crippen LogP contribution in [0.1, 0.15) is 29.2 Å². The van der Waals surface area contributed by atoms with Crippen LogP contribution in [0.5, 0.6) is 0 Å². The van der Waals surface area contributed by atoms with Gasteiger partial charge in [-0.1, -0.05) is 64.4 Å². The van der Waals surface area contributed by atoms with E-state index in [0.29, 0.717) is 22.8 Å². The smallest absolute Gasteiger partial charge is 0.277 e. The maximum atomic E-state index is 5.81. The number of hydrogen-bond acceptors (Lipinski definition) is 7. The van der Waals surface area contributed by atoms with Gasteiger partial charge in [0.05, 0.1) is 5.25 Å². The third-order valence-electron chi connectivity index (χ3n) is 3.97. The van der Waals surface area contributed by atoms with Crippen LogP contribution in [0.2, 0.25) is 0 Å². The highest BCUT2D eigenvalue weighted by atomic mass is 32.2. The summed E-state index contributed by atoms with van der Waals surface area (Å²) in [6, 6.07) is 15.9. The summed E-state index contributed by atoms with van der Waals surface area (Å²) in [6.45, 7) is 6.06. The molecule has 0 aliphatic carbocycles. The fourth-order valence-corrected chi connectivity index (χ4v) is 3.49. The van der Waals surface area contributed by atoms with Crippen molar-refractivity contribution in [1.82, 2.24) is 20.3 Å². The van der Waals surface area contributed by atoms with Gasteiger partial charge in [-0.2, -0.15) is 4.98 Å². The molecule has 2 heterocycles. The Kier molecular flexibility index (Phi) is 4.77. The van der Waals surface area contributed by atoms with Gasteiger partial charge in [0, 0.05) is 11.1 Å². The second-order valence-corrected chi connectivity index (χ2v) is 7.62. The molecule has 4 rings (SSSR count). The van der Waals surface area contributed by atoms with Gasteiger partial charge in [-0.3, -0.25) is 0 Å². The maximum Gasteiger partial charge on any atom is 0.277 e. The molecule has 27 heavy (non-hydrogen) atoms. The van der Waals surface area contributed by atoms with Gasteiger partial charge in [-0.05, 0) is 32.9 Å². The first kappa shape index (κ1) is 17.5. The highest BCUT2D eigenvalue weighted by Gasteiger charge is 2.20. The third kappa shape index (κ3) is 3.93. The van der Waals surface area contributed by atoms with Crippen molar-refractivity contribution in [2.45, 2.75) is 31.2 Å². The lowest BCUT2D eigenvalue weighted by molar-refractivity contribution is 0.379. The molecule has 6 nitrogen and oxygen atoms in total. The van der Waals surface area contributed by atoms with Crippen LogP contribution in [0.4, 0.5) is 0 Å². The largest absolute Gasteiger partial charge is 0.411 e. The number of aromatic nitrogens is 4. The summed E-state index contributed by atoms with van der Waals surface area (Å²) >= 11 is 1.39. The van der Waals surface area contributed by atoms with Gasteiger partial charge in [0.2, 0.25) is 17.6 Å². The molecule has 1 atom stereocenters. The first-order valence-electron chi connectivity index (χ1n) is 8.56. The number of aryl methyl sites for hydroxylation is 2. The molecule has 0 radical (unpaired) electrons. The van der Waals surface area contributed by atoms with Crippen LogP contribution in [0.3, 0.4) is 0 Å². The van der Waals surface area contributed by atoms with Gasteiger partial charge < -0.3 is 8.94 Å². The standard InChI is InChI=1S/C20H18N4O2S/c1-12-9-13(2)11-16(10-12)19-22-23-20(25-19)27-14(3)18-21-17(24-26-18)15-7-5-4-6-8-15/h4-11,14H,1-3H3. The minimum Gasteiger partial charge on any atom is -0.411 e. The zero-order chi connectivity index (χ0) is 18.8. The SMILES string of the molecule is Cc1cc(C)cc(-c2nnc(SC(C)c3nc(-c4ccccc4)no3)o2)c1. The normalized spacial score (nSPS) is 12.3. The summed E-state index contributed by atoms with van der Waals surface area (Å²) in [5, 5.41) is 12.7. The fraction of sp³-hybridized carbons (Fsp3) is 0.200. The molecule has 0 fully saturated rings. The van der Waals surface area contributed by atoms with E-state index >= 15 is 0 Å². The predicted octanol–water partition coefficient (Wildman–Crippen LogP) is 5.26. The number of thioether (sulfide) groups is 1. The van der Waals surface area contributed by atoms with Crippen molar-refractivity contribution in [3.63, 3.8) is 0 Å². The van der Waals surface area contributed by atoms with Crippen molar-refractivity contribution in [3.05, 3.63) is 65.5 Å². The lowest BCUT2D eigenvalue weighted by Gasteiger charge is -2.02. The fourth-order valence-electron chi connectivity index (χ4n) is 2.78. The maximum absolute atomic E-state index is 5.81. The molecule has 0 saturated carbocycles. The molecule has 1 unspecified atom stereocenters. The van der Waals surface area contributed by atoms with Gasteiger partial charge in [-0.25, -0.2) is 0 Å². The summed E-state index contributed by atoms with van der Waals surface area (Å²) in [5.74, 6) is 1.59. The van der Waals surface area contributed by atoms with Crippen molar-refractivity contribution in [2.75, 3.05) is 0 Å². The second kappa shape index (κ2) is 7.36. The van der Waals surface area contributed by atoms with Gasteiger partial charge >= 0.3 is 0 Å². The van der Waals surface area contributed by atoms with E-state index in [9.17, 15) is 0 Å². The molecule has 2 aromatic heterocycles. The van der Waals surface area contributed by atoms with E-state index in [1.54, 1.807) is 0 Å². The lowest BCUT2D eigenvalue weighted by Crippen LogP contribution is -1.89. The average molecular weight is 378 g/mol. The number of rotatable bonds is 5. The minimum absolute atomic E-state index is 0.109. The summed E-state index contributed by atoms with van der Waals surface area (Å²) < 4.78 is 11.2. The highest BCUT2D eigenvalue weighted by molar-refractivity contribution is 7.99. The molecule has 0 spiro atoms. The Labute approximate surface area is 161 Å². The molecule has 136 valence electrons. The Balaban J connectivity index is 1.50. The van der Waals surface area contributed by atoms with Crippen LogP contribution >= 0.6 is 11.8 Å². The Morgan fingerprint density at radius 1 is 0.926 bits per heavy atom. The number of nitrogens with zero attached hydrogens (tertiary/aromatic N) is 4. The Hall–Kier alpha value is -2.93. The van der Waals surface area contributed by atoms with Crippen LogP contribution in [0.25, 0.3) is 22.8 Å². The molecular formula is C20H18N4O2S. The van der Waals surface area contributed by atoms with E-state index in [0.717, 1.165) is 22.3 Å². The Morgan fingerprint density at radius 2 is 1.67 bits per heavy atom. The van der Waals surface area contributed by atoms with Crippen molar-refractivity contribution in [1.29, 1.82) is 0 Å². The molecule has 0 aliphatic rings. The van der Waals surface area contributed by atoms with Gasteiger partial charge in [0.15, 0.2) is 0 Å². The zero-order valence-electron chi connectivity index (χ0n) is 15.2. The van der Waals surface area contributed by atoms with Gasteiger partial charge in [-0.15, -0.1) is 10.2 Å². The van der Waals surface area contributed by atoms with E-state index in [1.165, 1.54) is 11.8 Å². The van der Waals surface area contributed by atoms with E-state index in [-0.39, 0.29) is 5.25 Å². The molecular weight excluding hydrogens is 360 g/mol. The van der Waals surface area contributed by atoms with Gasteiger partial charge in [0.25, 0.3) is 5.22 Å². The highest BCUT2D eigenvalue weighted by Crippen LogP contribution is 2.35. The summed E-state index contributed by atoms with van der Waals surface area (Å²) in [7, 11) is 0. The summed E-state index contributed by atoms with van der Waals surface area (Å²) in [6.07, 6.45) is 0. The monoisotopic (exact) mass is 378 g/mol. The van der Waals surface area contributed by atoms with Crippen LogP contribution < -0.4 is 0 Å². The molecule has 0 amide bonds. The van der Waals surface area contributed by atoms with Crippen LogP contribution in [0.15, 0.2) is 62.7 Å². The Bertz CT molecular complexity index is 1040. The molecule has 2 aromatic carbocycles. The van der Waals surface area contributed by atoms with Crippen molar-refractivity contribution < 1.29 is 8.94 Å². The minimum atomic E-state index is -0.109. The topological polar surface area (TPSA) is 77.8 Å². The van der Waals surface area contributed by atoms with Crippen LogP contribution in [-0.2, 0) is 0 Å². The molecule has 0 bridgehead atoms. The van der Waals surface area contributed by atoms with E-state index in [2.05, 4.69) is 26.4 Å². The van der Waals surface area contributed by atoms with E-state index in [1.807, 2.05) is 63.2 Å². The van der Waals surface area contributed by atoms with Crippen molar-refractivity contribution in [3.8, 4) is 22.8 Å². The van der Waals surface area contributed by atoms with E-state index in [4.69, 9.17) is 8.94 Å². The quantitative estimate of drug-likeness (QED) is 0.438. The average Bonchev–Trinajstić information content (AvgIpc) is 3.31. The molecule has 7 heteroatoms. The van der Waals surface area contributed by atoms with Crippen LogP contribution in [-0.4, -0.2) is 20.3 Å². The first-order chi connectivity index (χ1) is 13.1. The third-order valence-corrected chi connectivity index (χ3v) is 4.90. The summed E-state index contributed by atoms with van der Waals surface area (Å²) in [5.41, 5.74) is 4.15. The van der Waals surface area contributed by atoms with Crippen LogP contribution in [0, 0.1) is 13.8 Å². The Morgan fingerprint density at radius 3 is 2.41 bits per heavy atom. The summed E-state index contributed by atoms with van der Waals surface area (Å²) in [4.78, 5) is 4.48. The van der Waals surface area contributed by atoms with E-state index < -0.39 is 0 Å². The molecule has 0 saturated heterocycles. The molecule has 4 aromatic rings. The van der Waals surface area contributed by atoms with Crippen molar-refractivity contribution >= 4 is 11.8 Å². The zero-order valence-corrected chi connectivity index (χ0v) is 16.0. The lowest BCUT2D eigenvalue weighted by atomic mass is 10.1. The first-order valence-corrected chi connectivity index (χ1v) is 9.44.